The number of benzene rings is 1. The van der Waals surface area contributed by atoms with E-state index in [4.69, 9.17) is 9.47 Å². The standard InChI is InChI=1S/C32H47N7O4/c1-21(2)24-9-8-10-26(19-24)42-22(3)28-34-35-29(37(28)7)23-11-13-25(14-12-23)39-20-27(33-36-39)32(41)15-17-38(18-16-32)30(40)43-31(4,5)6/h8-10,19-23,25,41H,11-18H2,1-7H3/t22-,23-,25-/m1/s1. The lowest BCUT2D eigenvalue weighted by atomic mass is 9.85. The molecule has 234 valence electrons. The van der Waals surface area contributed by atoms with E-state index in [-0.39, 0.29) is 18.2 Å². The first kappa shape index (κ1) is 31.0. The Morgan fingerprint density at radius 1 is 1.05 bits per heavy atom. The van der Waals surface area contributed by atoms with Crippen molar-refractivity contribution in [3.8, 4) is 5.75 Å². The van der Waals surface area contributed by atoms with E-state index in [9.17, 15) is 9.90 Å². The van der Waals surface area contributed by atoms with Crippen molar-refractivity contribution < 1.29 is 19.4 Å². The van der Waals surface area contributed by atoms with E-state index < -0.39 is 11.2 Å². The largest absolute Gasteiger partial charge is 0.483 e. The highest BCUT2D eigenvalue weighted by Gasteiger charge is 2.39. The van der Waals surface area contributed by atoms with Crippen LogP contribution in [-0.2, 0) is 17.4 Å². The minimum atomic E-state index is -1.10. The Kier molecular flexibility index (Phi) is 8.83. The number of nitrogens with zero attached hydrogens (tertiary/aromatic N) is 7. The SMILES string of the molecule is CC(C)c1cccc(O[C@H](C)c2nnc([C@H]3CC[C@H](n4cc(C5(O)CCN(C(=O)OC(C)(C)C)CC5)nn4)CC3)n2C)c1. The molecule has 11 nitrogen and oxygen atoms in total. The maximum atomic E-state index is 12.4. The zero-order valence-electron chi connectivity index (χ0n) is 26.7. The second-order valence-electron chi connectivity index (χ2n) is 13.6. The molecule has 0 unspecified atom stereocenters. The van der Waals surface area contributed by atoms with Crippen LogP contribution in [0.2, 0.25) is 0 Å². The van der Waals surface area contributed by atoms with E-state index in [0.717, 1.165) is 43.1 Å². The number of likely N-dealkylation sites (tertiary alicyclic amines) is 1. The van der Waals surface area contributed by atoms with Crippen molar-refractivity contribution in [2.45, 2.75) is 115 Å². The maximum Gasteiger partial charge on any atom is 0.410 e. The number of hydrogen-bond acceptors (Lipinski definition) is 8. The van der Waals surface area contributed by atoms with Gasteiger partial charge in [0.2, 0.25) is 0 Å². The molecule has 2 aliphatic rings. The van der Waals surface area contributed by atoms with Gasteiger partial charge in [-0.1, -0.05) is 31.2 Å². The van der Waals surface area contributed by atoms with E-state index in [1.54, 1.807) is 4.90 Å². The number of aliphatic hydroxyl groups is 1. The van der Waals surface area contributed by atoms with Crippen LogP contribution in [0.15, 0.2) is 30.5 Å². The molecule has 1 saturated carbocycles. The molecule has 0 radical (unpaired) electrons. The number of piperidine rings is 1. The number of carbonyl (C=O) groups is 1. The van der Waals surface area contributed by atoms with Crippen LogP contribution in [-0.4, -0.2) is 64.5 Å². The predicted molar refractivity (Wildman–Crippen MR) is 162 cm³/mol. The molecule has 1 aliphatic carbocycles. The van der Waals surface area contributed by atoms with Crippen molar-refractivity contribution in [3.05, 3.63) is 53.4 Å². The summed E-state index contributed by atoms with van der Waals surface area (Å²) in [5.41, 5.74) is 0.175. The fraction of sp³-hybridized carbons (Fsp3) is 0.656. The summed E-state index contributed by atoms with van der Waals surface area (Å²) in [5.74, 6) is 3.40. The molecule has 11 heteroatoms. The first-order valence-electron chi connectivity index (χ1n) is 15.6. The topological polar surface area (TPSA) is 120 Å². The number of aromatic nitrogens is 6. The molecule has 3 heterocycles. The molecule has 43 heavy (non-hydrogen) atoms. The minimum Gasteiger partial charge on any atom is -0.483 e. The highest BCUT2D eigenvalue weighted by Crippen LogP contribution is 2.39. The maximum absolute atomic E-state index is 12.4. The summed E-state index contributed by atoms with van der Waals surface area (Å²) in [4.78, 5) is 14.1. The lowest BCUT2D eigenvalue weighted by molar-refractivity contribution is -0.0382. The van der Waals surface area contributed by atoms with E-state index in [1.165, 1.54) is 5.56 Å². The summed E-state index contributed by atoms with van der Waals surface area (Å²) in [6, 6.07) is 8.46. The molecule has 2 aromatic heterocycles. The molecule has 1 saturated heterocycles. The van der Waals surface area contributed by atoms with Crippen molar-refractivity contribution in [1.29, 1.82) is 0 Å². The molecule has 1 aromatic carbocycles. The minimum absolute atomic E-state index is 0.214. The molecule has 1 aliphatic heterocycles. The van der Waals surface area contributed by atoms with Crippen LogP contribution < -0.4 is 4.74 Å². The van der Waals surface area contributed by atoms with Gasteiger partial charge in [0.15, 0.2) is 11.9 Å². The molecule has 1 atom stereocenters. The number of carbonyl (C=O) groups excluding carboxylic acids is 1. The first-order chi connectivity index (χ1) is 20.3. The van der Waals surface area contributed by atoms with Crippen molar-refractivity contribution in [2.75, 3.05) is 13.1 Å². The zero-order valence-corrected chi connectivity index (χ0v) is 26.7. The van der Waals surface area contributed by atoms with Gasteiger partial charge in [-0.15, -0.1) is 15.3 Å². The second kappa shape index (κ2) is 12.3. The highest BCUT2D eigenvalue weighted by atomic mass is 16.6. The zero-order chi connectivity index (χ0) is 30.9. The van der Waals surface area contributed by atoms with Crippen LogP contribution in [0, 0.1) is 0 Å². The Balaban J connectivity index is 1.16. The average Bonchev–Trinajstić information content (AvgIpc) is 3.61. The van der Waals surface area contributed by atoms with Gasteiger partial charge < -0.3 is 24.0 Å². The summed E-state index contributed by atoms with van der Waals surface area (Å²) in [6.07, 6.45) is 5.93. The lowest BCUT2D eigenvalue weighted by Crippen LogP contribution is -2.47. The van der Waals surface area contributed by atoms with Crippen LogP contribution in [0.4, 0.5) is 4.79 Å². The van der Waals surface area contributed by atoms with E-state index in [2.05, 4.69) is 51.1 Å². The lowest BCUT2D eigenvalue weighted by Gasteiger charge is -2.37. The molecular formula is C32H47N7O4. The van der Waals surface area contributed by atoms with Crippen LogP contribution in [0.5, 0.6) is 5.75 Å². The van der Waals surface area contributed by atoms with Crippen LogP contribution in [0.25, 0.3) is 0 Å². The van der Waals surface area contributed by atoms with Gasteiger partial charge in [-0.05, 0) is 89.8 Å². The fourth-order valence-electron chi connectivity index (χ4n) is 6.18. The summed E-state index contributed by atoms with van der Waals surface area (Å²) in [7, 11) is 2.03. The third-order valence-electron chi connectivity index (χ3n) is 8.81. The molecule has 3 aromatic rings. The normalized spacial score (nSPS) is 21.6. The van der Waals surface area contributed by atoms with E-state index in [0.29, 0.717) is 43.5 Å². The number of ether oxygens (including phenoxy) is 2. The predicted octanol–water partition coefficient (Wildman–Crippen LogP) is 5.79. The van der Waals surface area contributed by atoms with Crippen molar-refractivity contribution in [2.24, 2.45) is 7.05 Å². The van der Waals surface area contributed by atoms with Gasteiger partial charge >= 0.3 is 6.09 Å². The van der Waals surface area contributed by atoms with Crippen molar-refractivity contribution in [3.63, 3.8) is 0 Å². The van der Waals surface area contributed by atoms with Gasteiger partial charge in [0.25, 0.3) is 0 Å². The Bertz CT molecular complexity index is 1390. The van der Waals surface area contributed by atoms with Gasteiger partial charge in [0, 0.05) is 26.1 Å². The summed E-state index contributed by atoms with van der Waals surface area (Å²) < 4.78 is 15.7. The molecule has 0 spiro atoms. The molecule has 5 rings (SSSR count). The van der Waals surface area contributed by atoms with Gasteiger partial charge in [0.05, 0.1) is 12.2 Å². The molecule has 0 bridgehead atoms. The van der Waals surface area contributed by atoms with Gasteiger partial charge in [-0.25, -0.2) is 9.48 Å². The van der Waals surface area contributed by atoms with Gasteiger partial charge in [-0.2, -0.15) is 0 Å². The summed E-state index contributed by atoms with van der Waals surface area (Å²) >= 11 is 0. The highest BCUT2D eigenvalue weighted by molar-refractivity contribution is 5.68. The molecular weight excluding hydrogens is 546 g/mol. The monoisotopic (exact) mass is 593 g/mol. The third kappa shape index (κ3) is 7.03. The Hall–Kier alpha value is -3.47. The number of hydrogen-bond donors (Lipinski definition) is 1. The van der Waals surface area contributed by atoms with E-state index in [1.807, 2.05) is 57.8 Å². The van der Waals surface area contributed by atoms with Crippen molar-refractivity contribution >= 4 is 6.09 Å². The molecule has 1 N–H and O–H groups in total. The molecule has 2 fully saturated rings. The van der Waals surface area contributed by atoms with E-state index >= 15 is 0 Å². The Labute approximate surface area is 254 Å². The van der Waals surface area contributed by atoms with Gasteiger partial charge in [0.1, 0.15) is 28.5 Å². The summed E-state index contributed by atoms with van der Waals surface area (Å²) in [5, 5.41) is 29.2. The van der Waals surface area contributed by atoms with Crippen LogP contribution in [0.3, 0.4) is 0 Å². The van der Waals surface area contributed by atoms with Crippen LogP contribution >= 0.6 is 0 Å². The quantitative estimate of drug-likeness (QED) is 0.366. The second-order valence-corrected chi connectivity index (χ2v) is 13.6. The first-order valence-corrected chi connectivity index (χ1v) is 15.6. The number of rotatable bonds is 7. The van der Waals surface area contributed by atoms with Crippen LogP contribution in [0.1, 0.15) is 127 Å². The average molecular weight is 594 g/mol. The summed E-state index contributed by atoms with van der Waals surface area (Å²) in [6.45, 7) is 12.8. The smallest absolute Gasteiger partial charge is 0.410 e. The Morgan fingerprint density at radius 3 is 2.40 bits per heavy atom. The number of amides is 1. The van der Waals surface area contributed by atoms with Gasteiger partial charge in [-0.3, -0.25) is 0 Å². The third-order valence-corrected chi connectivity index (χ3v) is 8.81. The van der Waals surface area contributed by atoms with Crippen molar-refractivity contribution in [1.82, 2.24) is 34.7 Å². The fourth-order valence-corrected chi connectivity index (χ4v) is 6.18. The molecule has 1 amide bonds. The Morgan fingerprint density at radius 2 is 1.74 bits per heavy atom.